The summed E-state index contributed by atoms with van der Waals surface area (Å²) in [4.78, 5) is 13.2. The molecule has 1 amide bonds. The summed E-state index contributed by atoms with van der Waals surface area (Å²) in [6.45, 7) is 2.75. The van der Waals surface area contributed by atoms with Gasteiger partial charge in [0.2, 0.25) is 0 Å². The fourth-order valence-electron chi connectivity index (χ4n) is 1.76. The predicted molar refractivity (Wildman–Crippen MR) is 62.9 cm³/mol. The molecule has 2 N–H and O–H groups in total. The molecule has 1 aliphatic heterocycles. The first-order chi connectivity index (χ1) is 7.61. The number of amides is 1. The molecular weight excluding hydrogens is 228 g/mol. The highest BCUT2D eigenvalue weighted by Crippen LogP contribution is 2.27. The first-order valence-electron chi connectivity index (χ1n) is 5.06. The van der Waals surface area contributed by atoms with E-state index in [1.807, 2.05) is 19.1 Å². The van der Waals surface area contributed by atoms with E-state index in [1.165, 1.54) is 0 Å². The Hall–Kier alpha value is -1.26. The van der Waals surface area contributed by atoms with Crippen molar-refractivity contribution in [1.82, 2.24) is 0 Å². The number of cyclic esters (lactones) is 1. The van der Waals surface area contributed by atoms with Gasteiger partial charge in [-0.1, -0.05) is 11.6 Å². The average Bonchev–Trinajstić information content (AvgIpc) is 2.60. The Balaban J connectivity index is 2.28. The molecule has 1 fully saturated rings. The second kappa shape index (κ2) is 4.31. The fraction of sp³-hybridized carbons (Fsp3) is 0.364. The minimum atomic E-state index is -0.346. The highest BCUT2D eigenvalue weighted by molar-refractivity contribution is 6.30. The summed E-state index contributed by atoms with van der Waals surface area (Å²) in [5, 5.41) is 0.657. The van der Waals surface area contributed by atoms with Crippen LogP contribution in [-0.2, 0) is 4.74 Å². The van der Waals surface area contributed by atoms with E-state index < -0.39 is 0 Å². The zero-order chi connectivity index (χ0) is 11.7. The Bertz CT molecular complexity index is 422. The van der Waals surface area contributed by atoms with Crippen molar-refractivity contribution in [2.24, 2.45) is 5.73 Å². The molecular formula is C11H13ClN2O2. The van der Waals surface area contributed by atoms with E-state index in [-0.39, 0.29) is 12.2 Å². The number of anilines is 1. The van der Waals surface area contributed by atoms with Gasteiger partial charge >= 0.3 is 6.09 Å². The molecule has 86 valence electrons. The fourth-order valence-corrected chi connectivity index (χ4v) is 1.99. The van der Waals surface area contributed by atoms with Crippen molar-refractivity contribution >= 4 is 23.4 Å². The van der Waals surface area contributed by atoms with Crippen molar-refractivity contribution in [2.75, 3.05) is 18.0 Å². The molecule has 16 heavy (non-hydrogen) atoms. The summed E-state index contributed by atoms with van der Waals surface area (Å²) >= 11 is 5.86. The summed E-state index contributed by atoms with van der Waals surface area (Å²) in [6, 6.07) is 5.39. The zero-order valence-electron chi connectivity index (χ0n) is 8.94. The molecule has 1 atom stereocenters. The van der Waals surface area contributed by atoms with E-state index in [0.29, 0.717) is 18.1 Å². The highest BCUT2D eigenvalue weighted by atomic mass is 35.5. The van der Waals surface area contributed by atoms with Crippen molar-refractivity contribution in [3.05, 3.63) is 28.8 Å². The molecule has 1 heterocycles. The number of benzene rings is 1. The van der Waals surface area contributed by atoms with Crippen LogP contribution in [0.25, 0.3) is 0 Å². The van der Waals surface area contributed by atoms with E-state index in [2.05, 4.69) is 0 Å². The Morgan fingerprint density at radius 2 is 2.38 bits per heavy atom. The summed E-state index contributed by atoms with van der Waals surface area (Å²) in [5.74, 6) is 0. The van der Waals surface area contributed by atoms with Gasteiger partial charge in [0.1, 0.15) is 6.10 Å². The van der Waals surface area contributed by atoms with Gasteiger partial charge in [0.15, 0.2) is 0 Å². The third-order valence-corrected chi connectivity index (χ3v) is 2.82. The zero-order valence-corrected chi connectivity index (χ0v) is 9.70. The lowest BCUT2D eigenvalue weighted by atomic mass is 10.2. The minimum Gasteiger partial charge on any atom is -0.443 e. The van der Waals surface area contributed by atoms with Gasteiger partial charge in [-0.15, -0.1) is 0 Å². The number of nitrogens with two attached hydrogens (primary N) is 1. The number of hydrogen-bond acceptors (Lipinski definition) is 3. The molecule has 0 spiro atoms. The van der Waals surface area contributed by atoms with Crippen molar-refractivity contribution in [1.29, 1.82) is 0 Å². The van der Waals surface area contributed by atoms with Crippen molar-refractivity contribution in [2.45, 2.75) is 13.0 Å². The van der Waals surface area contributed by atoms with Crippen molar-refractivity contribution in [3.63, 3.8) is 0 Å². The smallest absolute Gasteiger partial charge is 0.414 e. The van der Waals surface area contributed by atoms with E-state index in [0.717, 1.165) is 11.3 Å². The predicted octanol–water partition coefficient (Wildman–Crippen LogP) is 1.93. The lowest BCUT2D eigenvalue weighted by Crippen LogP contribution is -2.27. The number of rotatable bonds is 2. The van der Waals surface area contributed by atoms with Gasteiger partial charge in [0, 0.05) is 11.6 Å². The normalized spacial score (nSPS) is 20.1. The number of nitrogens with zero attached hydrogens (tertiary/aromatic N) is 1. The van der Waals surface area contributed by atoms with Gasteiger partial charge in [0.05, 0.1) is 12.2 Å². The topological polar surface area (TPSA) is 55.6 Å². The van der Waals surface area contributed by atoms with Crippen LogP contribution in [0.1, 0.15) is 5.56 Å². The average molecular weight is 241 g/mol. The molecule has 2 rings (SSSR count). The van der Waals surface area contributed by atoms with Crippen LogP contribution in [0, 0.1) is 6.92 Å². The van der Waals surface area contributed by atoms with Gasteiger partial charge in [-0.2, -0.15) is 0 Å². The molecule has 0 aliphatic carbocycles. The maximum atomic E-state index is 11.6. The Kier molecular flexibility index (Phi) is 3.03. The molecule has 1 aliphatic rings. The molecule has 4 nitrogen and oxygen atoms in total. The molecule has 0 bridgehead atoms. The lowest BCUT2D eigenvalue weighted by molar-refractivity contribution is 0.145. The standard InChI is InChI=1S/C11H13ClN2O2/c1-7-4-8(12)2-3-10(7)14-6-9(5-13)16-11(14)15/h2-4,9H,5-6,13H2,1H3. The van der Waals surface area contributed by atoms with Gasteiger partial charge in [-0.25, -0.2) is 4.79 Å². The van der Waals surface area contributed by atoms with Crippen LogP contribution in [-0.4, -0.2) is 25.3 Å². The quantitative estimate of drug-likeness (QED) is 0.860. The number of carbonyl (C=O) groups excluding carboxylic acids is 1. The SMILES string of the molecule is Cc1cc(Cl)ccc1N1CC(CN)OC1=O. The van der Waals surface area contributed by atoms with Crippen LogP contribution >= 0.6 is 11.6 Å². The van der Waals surface area contributed by atoms with E-state index in [4.69, 9.17) is 22.1 Å². The molecule has 5 heteroatoms. The number of hydrogen-bond donors (Lipinski definition) is 1. The Morgan fingerprint density at radius 1 is 1.62 bits per heavy atom. The molecule has 1 unspecified atom stereocenters. The summed E-state index contributed by atoms with van der Waals surface area (Å²) in [6.07, 6.45) is -0.566. The highest BCUT2D eigenvalue weighted by Gasteiger charge is 2.31. The summed E-state index contributed by atoms with van der Waals surface area (Å²) in [7, 11) is 0. The van der Waals surface area contributed by atoms with Gasteiger partial charge < -0.3 is 10.5 Å². The first-order valence-corrected chi connectivity index (χ1v) is 5.44. The number of halogens is 1. The molecule has 0 aromatic heterocycles. The molecule has 1 aromatic rings. The second-order valence-electron chi connectivity index (χ2n) is 3.78. The minimum absolute atomic E-state index is 0.220. The van der Waals surface area contributed by atoms with Crippen LogP contribution < -0.4 is 10.6 Å². The van der Waals surface area contributed by atoms with Gasteiger partial charge in [-0.05, 0) is 30.7 Å². The largest absolute Gasteiger partial charge is 0.443 e. The van der Waals surface area contributed by atoms with Crippen LogP contribution in [0.15, 0.2) is 18.2 Å². The Morgan fingerprint density at radius 3 is 2.94 bits per heavy atom. The van der Waals surface area contributed by atoms with Gasteiger partial charge in [0.25, 0.3) is 0 Å². The van der Waals surface area contributed by atoms with Crippen LogP contribution in [0.5, 0.6) is 0 Å². The number of ether oxygens (including phenoxy) is 1. The number of aryl methyl sites for hydroxylation is 1. The summed E-state index contributed by atoms with van der Waals surface area (Å²) in [5.41, 5.74) is 7.24. The monoisotopic (exact) mass is 240 g/mol. The van der Waals surface area contributed by atoms with Crippen LogP contribution in [0.4, 0.5) is 10.5 Å². The molecule has 1 aromatic carbocycles. The van der Waals surface area contributed by atoms with Crippen LogP contribution in [0.3, 0.4) is 0 Å². The van der Waals surface area contributed by atoms with E-state index in [1.54, 1.807) is 11.0 Å². The molecule has 1 saturated heterocycles. The third kappa shape index (κ3) is 1.99. The molecule has 0 saturated carbocycles. The number of carbonyl (C=O) groups is 1. The maximum absolute atomic E-state index is 11.6. The van der Waals surface area contributed by atoms with E-state index >= 15 is 0 Å². The third-order valence-electron chi connectivity index (χ3n) is 2.59. The maximum Gasteiger partial charge on any atom is 0.414 e. The van der Waals surface area contributed by atoms with Gasteiger partial charge in [-0.3, -0.25) is 4.90 Å². The first kappa shape index (κ1) is 11.2. The van der Waals surface area contributed by atoms with Crippen molar-refractivity contribution < 1.29 is 9.53 Å². The summed E-state index contributed by atoms with van der Waals surface area (Å²) < 4.78 is 5.09. The van der Waals surface area contributed by atoms with Crippen LogP contribution in [0.2, 0.25) is 5.02 Å². The molecule has 0 radical (unpaired) electrons. The van der Waals surface area contributed by atoms with E-state index in [9.17, 15) is 4.79 Å². The Labute approximate surface area is 98.9 Å². The van der Waals surface area contributed by atoms with Crippen molar-refractivity contribution in [3.8, 4) is 0 Å². The lowest BCUT2D eigenvalue weighted by Gasteiger charge is -2.15. The second-order valence-corrected chi connectivity index (χ2v) is 4.22.